The number of Topliss-reactive ketones (excluding diaryl/α,β-unsaturated/α-hetero) is 1. The van der Waals surface area contributed by atoms with E-state index in [2.05, 4.69) is 5.32 Å². The van der Waals surface area contributed by atoms with E-state index in [9.17, 15) is 14.4 Å². The molecule has 0 saturated heterocycles. The van der Waals surface area contributed by atoms with Gasteiger partial charge in [0, 0.05) is 22.7 Å². The van der Waals surface area contributed by atoms with Gasteiger partial charge in [-0.2, -0.15) is 0 Å². The van der Waals surface area contributed by atoms with Crippen LogP contribution in [0.5, 0.6) is 0 Å². The summed E-state index contributed by atoms with van der Waals surface area (Å²) in [5, 5.41) is 3.22. The number of hydrogen-bond acceptors (Lipinski definition) is 4. The summed E-state index contributed by atoms with van der Waals surface area (Å²) in [6.07, 6.45) is -1.04. The first kappa shape index (κ1) is 19.7. The number of ether oxygens (including phenoxy) is 1. The van der Waals surface area contributed by atoms with Crippen LogP contribution in [0, 0.1) is 6.92 Å². The summed E-state index contributed by atoms with van der Waals surface area (Å²) in [7, 11) is 0. The van der Waals surface area contributed by atoms with Crippen molar-refractivity contribution in [2.24, 2.45) is 0 Å². The van der Waals surface area contributed by atoms with Crippen molar-refractivity contribution < 1.29 is 19.1 Å². The zero-order valence-electron chi connectivity index (χ0n) is 14.6. The molecule has 0 saturated carbocycles. The van der Waals surface area contributed by atoms with Crippen LogP contribution in [0.25, 0.3) is 0 Å². The third kappa shape index (κ3) is 6.01. The number of halogens is 1. The zero-order valence-corrected chi connectivity index (χ0v) is 15.4. The Morgan fingerprint density at radius 3 is 2.42 bits per heavy atom. The van der Waals surface area contributed by atoms with Gasteiger partial charge in [0.05, 0.1) is 6.42 Å². The maximum Gasteiger partial charge on any atom is 0.307 e. The van der Waals surface area contributed by atoms with Gasteiger partial charge < -0.3 is 10.1 Å². The van der Waals surface area contributed by atoms with Gasteiger partial charge in [-0.05, 0) is 55.8 Å². The molecular formula is C20H20ClNO4. The molecule has 2 rings (SSSR count). The van der Waals surface area contributed by atoms with E-state index in [4.69, 9.17) is 16.3 Å². The maximum atomic E-state index is 12.1. The molecule has 0 aliphatic carbocycles. The first-order valence-electron chi connectivity index (χ1n) is 8.21. The molecule has 0 bridgehead atoms. The van der Waals surface area contributed by atoms with Gasteiger partial charge in [-0.25, -0.2) is 0 Å². The van der Waals surface area contributed by atoms with Crippen molar-refractivity contribution in [3.63, 3.8) is 0 Å². The van der Waals surface area contributed by atoms with Gasteiger partial charge in [-0.15, -0.1) is 0 Å². The SMILES string of the molecule is Cc1cccc(NC(=O)[C@@H](C)OC(=O)CCC(=O)c2ccc(Cl)cc2)c1. The molecule has 1 amide bonds. The van der Waals surface area contributed by atoms with E-state index < -0.39 is 18.0 Å². The Morgan fingerprint density at radius 2 is 1.77 bits per heavy atom. The number of carbonyl (C=O) groups is 3. The third-order valence-corrected chi connectivity index (χ3v) is 3.94. The van der Waals surface area contributed by atoms with Crippen LogP contribution in [-0.4, -0.2) is 23.8 Å². The molecule has 0 aromatic heterocycles. The van der Waals surface area contributed by atoms with Crippen molar-refractivity contribution in [1.29, 1.82) is 0 Å². The van der Waals surface area contributed by atoms with E-state index >= 15 is 0 Å². The first-order valence-corrected chi connectivity index (χ1v) is 8.59. The molecule has 26 heavy (non-hydrogen) atoms. The van der Waals surface area contributed by atoms with E-state index in [0.717, 1.165) is 5.56 Å². The van der Waals surface area contributed by atoms with Crippen molar-refractivity contribution in [1.82, 2.24) is 0 Å². The van der Waals surface area contributed by atoms with Crippen molar-refractivity contribution in [2.75, 3.05) is 5.32 Å². The molecule has 5 nitrogen and oxygen atoms in total. The Labute approximate surface area is 157 Å². The lowest BCUT2D eigenvalue weighted by molar-refractivity contribution is -0.153. The number of aryl methyl sites for hydroxylation is 1. The number of nitrogens with one attached hydrogen (secondary N) is 1. The predicted molar refractivity (Wildman–Crippen MR) is 100 cm³/mol. The third-order valence-electron chi connectivity index (χ3n) is 3.69. The summed E-state index contributed by atoms with van der Waals surface area (Å²) < 4.78 is 5.10. The highest BCUT2D eigenvalue weighted by molar-refractivity contribution is 6.30. The summed E-state index contributed by atoms with van der Waals surface area (Å²) in [6, 6.07) is 13.7. The number of benzene rings is 2. The molecular weight excluding hydrogens is 354 g/mol. The fraction of sp³-hybridized carbons (Fsp3) is 0.250. The van der Waals surface area contributed by atoms with Crippen LogP contribution in [0.15, 0.2) is 48.5 Å². The Hall–Kier alpha value is -2.66. The van der Waals surface area contributed by atoms with E-state index in [1.807, 2.05) is 25.1 Å². The molecule has 1 N–H and O–H groups in total. The zero-order chi connectivity index (χ0) is 19.1. The number of carbonyl (C=O) groups excluding carboxylic acids is 3. The van der Waals surface area contributed by atoms with Crippen LogP contribution in [0.4, 0.5) is 5.69 Å². The van der Waals surface area contributed by atoms with E-state index in [-0.39, 0.29) is 18.6 Å². The van der Waals surface area contributed by atoms with E-state index in [1.54, 1.807) is 30.3 Å². The normalized spacial score (nSPS) is 11.5. The Balaban J connectivity index is 1.80. The molecule has 0 aliphatic rings. The standard InChI is InChI=1S/C20H20ClNO4/c1-13-4-3-5-17(12-13)22-20(25)14(2)26-19(24)11-10-18(23)15-6-8-16(21)9-7-15/h3-9,12,14H,10-11H2,1-2H3,(H,22,25)/t14-/m1/s1. The van der Waals surface area contributed by atoms with Crippen LogP contribution in [-0.2, 0) is 14.3 Å². The highest BCUT2D eigenvalue weighted by Crippen LogP contribution is 2.13. The lowest BCUT2D eigenvalue weighted by Gasteiger charge is -2.13. The van der Waals surface area contributed by atoms with Crippen LogP contribution in [0.2, 0.25) is 5.02 Å². The monoisotopic (exact) mass is 373 g/mol. The molecule has 136 valence electrons. The number of amides is 1. The van der Waals surface area contributed by atoms with Crippen molar-refractivity contribution >= 4 is 34.9 Å². The highest BCUT2D eigenvalue weighted by Gasteiger charge is 2.19. The lowest BCUT2D eigenvalue weighted by Crippen LogP contribution is -2.30. The minimum absolute atomic E-state index is 0.00663. The van der Waals surface area contributed by atoms with E-state index in [0.29, 0.717) is 16.3 Å². The van der Waals surface area contributed by atoms with Crippen LogP contribution >= 0.6 is 11.6 Å². The molecule has 0 fully saturated rings. The largest absolute Gasteiger partial charge is 0.453 e. The Kier molecular flexibility index (Phi) is 6.92. The summed E-state index contributed by atoms with van der Waals surface area (Å²) in [4.78, 5) is 36.0. The first-order chi connectivity index (χ1) is 12.3. The summed E-state index contributed by atoms with van der Waals surface area (Å²) in [5.41, 5.74) is 2.12. The maximum absolute atomic E-state index is 12.1. The molecule has 0 unspecified atom stereocenters. The molecule has 0 aliphatic heterocycles. The molecule has 6 heteroatoms. The van der Waals surface area contributed by atoms with Gasteiger partial charge in [-0.1, -0.05) is 23.7 Å². The minimum Gasteiger partial charge on any atom is -0.453 e. The van der Waals surface area contributed by atoms with Gasteiger partial charge >= 0.3 is 5.97 Å². The quantitative estimate of drug-likeness (QED) is 0.583. The van der Waals surface area contributed by atoms with E-state index in [1.165, 1.54) is 6.92 Å². The fourth-order valence-electron chi connectivity index (χ4n) is 2.27. The average molecular weight is 374 g/mol. The lowest BCUT2D eigenvalue weighted by atomic mass is 10.1. The Bertz CT molecular complexity index is 802. The molecule has 0 radical (unpaired) electrons. The molecule has 1 atom stereocenters. The van der Waals surface area contributed by atoms with Gasteiger partial charge in [0.1, 0.15) is 0 Å². The number of rotatable bonds is 7. The van der Waals surface area contributed by atoms with Crippen LogP contribution in [0.3, 0.4) is 0 Å². The molecule has 2 aromatic carbocycles. The number of ketones is 1. The van der Waals surface area contributed by atoms with Crippen molar-refractivity contribution in [3.8, 4) is 0 Å². The minimum atomic E-state index is -0.950. The van der Waals surface area contributed by atoms with Gasteiger partial charge in [0.2, 0.25) is 0 Å². The topological polar surface area (TPSA) is 72.5 Å². The average Bonchev–Trinajstić information content (AvgIpc) is 2.60. The molecule has 2 aromatic rings. The van der Waals surface area contributed by atoms with Crippen LogP contribution < -0.4 is 5.32 Å². The van der Waals surface area contributed by atoms with Gasteiger partial charge in [0.15, 0.2) is 11.9 Å². The Morgan fingerprint density at radius 1 is 1.08 bits per heavy atom. The van der Waals surface area contributed by atoms with Crippen molar-refractivity contribution in [3.05, 3.63) is 64.7 Å². The predicted octanol–water partition coefficient (Wildman–Crippen LogP) is 4.18. The second-order valence-corrected chi connectivity index (χ2v) is 6.36. The number of hydrogen-bond donors (Lipinski definition) is 1. The molecule has 0 spiro atoms. The summed E-state index contributed by atoms with van der Waals surface area (Å²) >= 11 is 5.77. The molecule has 0 heterocycles. The summed E-state index contributed by atoms with van der Waals surface area (Å²) in [5.74, 6) is -1.21. The van der Waals surface area contributed by atoms with Gasteiger partial charge in [0.25, 0.3) is 5.91 Å². The second-order valence-electron chi connectivity index (χ2n) is 5.92. The number of anilines is 1. The van der Waals surface area contributed by atoms with Crippen LogP contribution in [0.1, 0.15) is 35.7 Å². The van der Waals surface area contributed by atoms with Gasteiger partial charge in [-0.3, -0.25) is 14.4 Å². The second kappa shape index (κ2) is 9.15. The fourth-order valence-corrected chi connectivity index (χ4v) is 2.40. The highest BCUT2D eigenvalue weighted by atomic mass is 35.5. The van der Waals surface area contributed by atoms with Crippen molar-refractivity contribution in [2.45, 2.75) is 32.8 Å². The number of esters is 1. The smallest absolute Gasteiger partial charge is 0.307 e. The summed E-state index contributed by atoms with van der Waals surface area (Å²) in [6.45, 7) is 3.40.